The second-order valence-corrected chi connectivity index (χ2v) is 6.24. The Labute approximate surface area is 119 Å². The van der Waals surface area contributed by atoms with Crippen LogP contribution < -0.4 is 4.72 Å². The van der Waals surface area contributed by atoms with Crippen molar-refractivity contribution in [2.75, 3.05) is 18.3 Å². The van der Waals surface area contributed by atoms with E-state index in [1.165, 1.54) is 19.2 Å². The van der Waals surface area contributed by atoms with E-state index in [0.717, 1.165) is 9.87 Å². The van der Waals surface area contributed by atoms with Gasteiger partial charge >= 0.3 is 16.2 Å². The molecule has 0 heterocycles. The lowest BCUT2D eigenvalue weighted by molar-refractivity contribution is 0.0698. The van der Waals surface area contributed by atoms with E-state index in [2.05, 4.69) is 4.72 Å². The second kappa shape index (κ2) is 6.71. The average molecular weight is 300 g/mol. The van der Waals surface area contributed by atoms with Crippen molar-refractivity contribution >= 4 is 21.9 Å². The van der Waals surface area contributed by atoms with Gasteiger partial charge in [-0.3, -0.25) is 4.72 Å². The SMILES string of the molecule is CCCN(C)S(=O)(=O)Nc1ccc(CC)cc1C(=O)O. The number of carbonyl (C=O) groups is 1. The van der Waals surface area contributed by atoms with E-state index in [0.29, 0.717) is 19.4 Å². The standard InChI is InChI=1S/C13H20N2O4S/c1-4-8-15(3)20(18,19)14-12-7-6-10(5-2)9-11(12)13(16)17/h6-7,9,14H,4-5,8H2,1-3H3,(H,16,17). The molecule has 1 aromatic rings. The molecule has 0 aliphatic heterocycles. The Balaban J connectivity index is 3.12. The van der Waals surface area contributed by atoms with Crippen LogP contribution in [0.1, 0.15) is 36.2 Å². The van der Waals surface area contributed by atoms with Gasteiger partial charge in [0.15, 0.2) is 0 Å². The first kappa shape index (κ1) is 16.5. The number of carboxylic acids is 1. The van der Waals surface area contributed by atoms with Crippen molar-refractivity contribution in [3.63, 3.8) is 0 Å². The van der Waals surface area contributed by atoms with Crippen LogP contribution in [0.15, 0.2) is 18.2 Å². The van der Waals surface area contributed by atoms with Crippen LogP contribution in [0.25, 0.3) is 0 Å². The maximum atomic E-state index is 12.0. The molecule has 7 heteroatoms. The van der Waals surface area contributed by atoms with Crippen molar-refractivity contribution in [2.24, 2.45) is 0 Å². The topological polar surface area (TPSA) is 86.7 Å². The van der Waals surface area contributed by atoms with Gasteiger partial charge in [-0.2, -0.15) is 12.7 Å². The van der Waals surface area contributed by atoms with Crippen molar-refractivity contribution in [1.29, 1.82) is 0 Å². The number of nitrogens with one attached hydrogen (secondary N) is 1. The molecule has 0 saturated carbocycles. The molecule has 0 unspecified atom stereocenters. The summed E-state index contributed by atoms with van der Waals surface area (Å²) in [5.41, 5.74) is 0.878. The summed E-state index contributed by atoms with van der Waals surface area (Å²) in [6, 6.07) is 4.68. The van der Waals surface area contributed by atoms with Crippen molar-refractivity contribution in [2.45, 2.75) is 26.7 Å². The van der Waals surface area contributed by atoms with E-state index in [-0.39, 0.29) is 11.3 Å². The van der Waals surface area contributed by atoms with E-state index in [9.17, 15) is 18.3 Å². The van der Waals surface area contributed by atoms with E-state index in [1.807, 2.05) is 13.8 Å². The van der Waals surface area contributed by atoms with Crippen LogP contribution >= 0.6 is 0 Å². The smallest absolute Gasteiger partial charge is 0.337 e. The van der Waals surface area contributed by atoms with Crippen LogP contribution in [0.3, 0.4) is 0 Å². The number of hydrogen-bond donors (Lipinski definition) is 2. The van der Waals surface area contributed by atoms with Crippen LogP contribution in [0.2, 0.25) is 0 Å². The molecule has 6 nitrogen and oxygen atoms in total. The first-order valence-corrected chi connectivity index (χ1v) is 7.86. The summed E-state index contributed by atoms with van der Waals surface area (Å²) in [5, 5.41) is 9.18. The monoisotopic (exact) mass is 300 g/mol. The van der Waals surface area contributed by atoms with E-state index < -0.39 is 16.2 Å². The summed E-state index contributed by atoms with van der Waals surface area (Å²) < 4.78 is 27.6. The molecule has 1 aromatic carbocycles. The lowest BCUT2D eigenvalue weighted by Gasteiger charge is -2.18. The molecule has 0 saturated heterocycles. The number of benzene rings is 1. The number of nitrogens with zero attached hydrogens (tertiary/aromatic N) is 1. The average Bonchev–Trinajstić information content (AvgIpc) is 2.38. The summed E-state index contributed by atoms with van der Waals surface area (Å²) in [7, 11) is -2.28. The molecular weight excluding hydrogens is 280 g/mol. The van der Waals surface area contributed by atoms with Gasteiger partial charge in [0.25, 0.3) is 0 Å². The molecule has 0 bridgehead atoms. The van der Waals surface area contributed by atoms with Crippen LogP contribution in [-0.2, 0) is 16.6 Å². The fraction of sp³-hybridized carbons (Fsp3) is 0.462. The molecule has 0 aliphatic rings. The maximum Gasteiger partial charge on any atom is 0.337 e. The summed E-state index contributed by atoms with van der Waals surface area (Å²) >= 11 is 0. The summed E-state index contributed by atoms with van der Waals surface area (Å²) in [6.07, 6.45) is 1.36. The Hall–Kier alpha value is -1.60. The molecule has 0 radical (unpaired) electrons. The maximum absolute atomic E-state index is 12.0. The lowest BCUT2D eigenvalue weighted by atomic mass is 10.1. The molecule has 0 aromatic heterocycles. The number of hydrogen-bond acceptors (Lipinski definition) is 3. The Kier molecular flexibility index (Phi) is 5.52. The summed E-state index contributed by atoms with van der Waals surface area (Å²) in [4.78, 5) is 11.2. The lowest BCUT2D eigenvalue weighted by Crippen LogP contribution is -2.33. The first-order valence-electron chi connectivity index (χ1n) is 6.42. The normalized spacial score (nSPS) is 11.6. The molecule has 0 atom stereocenters. The number of anilines is 1. The molecule has 2 N–H and O–H groups in total. The molecular formula is C13H20N2O4S. The van der Waals surface area contributed by atoms with E-state index in [1.54, 1.807) is 6.07 Å². The Bertz CT molecular complexity index is 584. The molecule has 0 spiro atoms. The fourth-order valence-corrected chi connectivity index (χ4v) is 2.76. The number of aryl methyl sites for hydroxylation is 1. The van der Waals surface area contributed by atoms with Gasteiger partial charge in [-0.05, 0) is 30.5 Å². The van der Waals surface area contributed by atoms with Gasteiger partial charge in [-0.25, -0.2) is 4.79 Å². The van der Waals surface area contributed by atoms with Crippen molar-refractivity contribution in [3.05, 3.63) is 29.3 Å². The Morgan fingerprint density at radius 3 is 2.50 bits per heavy atom. The molecule has 20 heavy (non-hydrogen) atoms. The highest BCUT2D eigenvalue weighted by atomic mass is 32.2. The zero-order chi connectivity index (χ0) is 15.3. The molecule has 0 aliphatic carbocycles. The van der Waals surface area contributed by atoms with Crippen molar-refractivity contribution < 1.29 is 18.3 Å². The van der Waals surface area contributed by atoms with Crippen LogP contribution in [0.4, 0.5) is 5.69 Å². The van der Waals surface area contributed by atoms with Gasteiger partial charge in [0.2, 0.25) is 0 Å². The van der Waals surface area contributed by atoms with E-state index in [4.69, 9.17) is 0 Å². The minimum Gasteiger partial charge on any atom is -0.478 e. The highest BCUT2D eigenvalue weighted by Crippen LogP contribution is 2.20. The van der Waals surface area contributed by atoms with Gasteiger partial charge < -0.3 is 5.11 Å². The quantitative estimate of drug-likeness (QED) is 0.805. The minimum atomic E-state index is -3.73. The molecule has 0 amide bonds. The van der Waals surface area contributed by atoms with Crippen molar-refractivity contribution in [1.82, 2.24) is 4.31 Å². The third-order valence-corrected chi connectivity index (χ3v) is 4.39. The number of rotatable bonds is 7. The Morgan fingerprint density at radius 2 is 2.00 bits per heavy atom. The van der Waals surface area contributed by atoms with Gasteiger partial charge in [0, 0.05) is 13.6 Å². The van der Waals surface area contributed by atoms with Gasteiger partial charge in [0.1, 0.15) is 0 Å². The highest BCUT2D eigenvalue weighted by Gasteiger charge is 2.20. The summed E-state index contributed by atoms with van der Waals surface area (Å²) in [5.74, 6) is -1.16. The third-order valence-electron chi connectivity index (χ3n) is 2.91. The second-order valence-electron chi connectivity index (χ2n) is 4.47. The number of carboxylic acid groups (broad SMARTS) is 1. The zero-order valence-corrected chi connectivity index (χ0v) is 12.7. The van der Waals surface area contributed by atoms with E-state index >= 15 is 0 Å². The first-order chi connectivity index (χ1) is 9.31. The zero-order valence-electron chi connectivity index (χ0n) is 11.9. The fourth-order valence-electron chi connectivity index (χ4n) is 1.73. The minimum absolute atomic E-state index is 0.0437. The van der Waals surface area contributed by atoms with Gasteiger partial charge in [-0.1, -0.05) is 19.9 Å². The van der Waals surface area contributed by atoms with Crippen LogP contribution in [0, 0.1) is 0 Å². The molecule has 0 fully saturated rings. The molecule has 1 rings (SSSR count). The Morgan fingerprint density at radius 1 is 1.35 bits per heavy atom. The largest absolute Gasteiger partial charge is 0.478 e. The van der Waals surface area contributed by atoms with Gasteiger partial charge in [-0.15, -0.1) is 0 Å². The summed E-state index contributed by atoms with van der Waals surface area (Å²) in [6.45, 7) is 4.13. The predicted molar refractivity (Wildman–Crippen MR) is 78.2 cm³/mol. The highest BCUT2D eigenvalue weighted by molar-refractivity contribution is 7.90. The number of aromatic carboxylic acids is 1. The molecule has 112 valence electrons. The van der Waals surface area contributed by atoms with Crippen molar-refractivity contribution in [3.8, 4) is 0 Å². The van der Waals surface area contributed by atoms with Crippen LogP contribution in [-0.4, -0.2) is 37.4 Å². The van der Waals surface area contributed by atoms with Gasteiger partial charge in [0.05, 0.1) is 11.3 Å². The third kappa shape index (κ3) is 3.94. The van der Waals surface area contributed by atoms with Crippen LogP contribution in [0.5, 0.6) is 0 Å². The predicted octanol–water partition coefficient (Wildman–Crippen LogP) is 1.95.